The van der Waals surface area contributed by atoms with Crippen LogP contribution in [0.3, 0.4) is 0 Å². The zero-order chi connectivity index (χ0) is 19.8. The highest BCUT2D eigenvalue weighted by Crippen LogP contribution is 2.19. The molecule has 9 heteroatoms. The standard InChI is InChI=1S/C18H20N2O6S/c1-4-25-16(22)8-13-10-27-18(19-13)20-15(21)9-26-17(23)12-6-5-11(2)14(7-12)24-3/h5-7,10H,4,8-9H2,1-3H3,(H,19,20,21). The van der Waals surface area contributed by atoms with Gasteiger partial charge in [-0.3, -0.25) is 14.9 Å². The van der Waals surface area contributed by atoms with Crippen molar-refractivity contribution in [2.24, 2.45) is 0 Å². The molecule has 1 aromatic carbocycles. The predicted octanol–water partition coefficient (Wildman–Crippen LogP) is 2.36. The molecule has 8 nitrogen and oxygen atoms in total. The van der Waals surface area contributed by atoms with E-state index in [1.165, 1.54) is 18.4 Å². The second-order valence-electron chi connectivity index (χ2n) is 5.43. The minimum Gasteiger partial charge on any atom is -0.496 e. The second kappa shape index (κ2) is 9.67. The number of anilines is 1. The molecule has 144 valence electrons. The predicted molar refractivity (Wildman–Crippen MR) is 99.1 cm³/mol. The number of nitrogens with zero attached hydrogens (tertiary/aromatic N) is 1. The van der Waals surface area contributed by atoms with Gasteiger partial charge in [-0.1, -0.05) is 6.07 Å². The number of ether oxygens (including phenoxy) is 3. The summed E-state index contributed by atoms with van der Waals surface area (Å²) in [5.74, 6) is -0.987. The van der Waals surface area contributed by atoms with Crippen LogP contribution in [0.4, 0.5) is 5.13 Å². The van der Waals surface area contributed by atoms with Crippen molar-refractivity contribution >= 4 is 34.3 Å². The van der Waals surface area contributed by atoms with Crippen molar-refractivity contribution in [3.8, 4) is 5.75 Å². The highest BCUT2D eigenvalue weighted by atomic mass is 32.1. The lowest BCUT2D eigenvalue weighted by Crippen LogP contribution is -2.21. The van der Waals surface area contributed by atoms with Crippen molar-refractivity contribution in [1.29, 1.82) is 0 Å². The van der Waals surface area contributed by atoms with Crippen LogP contribution < -0.4 is 10.1 Å². The number of hydrogen-bond acceptors (Lipinski definition) is 8. The maximum atomic E-state index is 12.0. The summed E-state index contributed by atoms with van der Waals surface area (Å²) in [5, 5.41) is 4.48. The number of hydrogen-bond donors (Lipinski definition) is 1. The third-order valence-corrected chi connectivity index (χ3v) is 4.21. The van der Waals surface area contributed by atoms with E-state index in [2.05, 4.69) is 10.3 Å². The Morgan fingerprint density at radius 2 is 2.00 bits per heavy atom. The molecule has 0 saturated heterocycles. The van der Waals surface area contributed by atoms with Crippen molar-refractivity contribution in [2.75, 3.05) is 25.6 Å². The molecule has 0 unspecified atom stereocenters. The molecular formula is C18H20N2O6S. The molecule has 0 radical (unpaired) electrons. The summed E-state index contributed by atoms with van der Waals surface area (Å²) in [6.45, 7) is 3.41. The molecule has 1 N–H and O–H groups in total. The van der Waals surface area contributed by atoms with Gasteiger partial charge in [0.25, 0.3) is 5.91 Å². The molecule has 0 aliphatic rings. The van der Waals surface area contributed by atoms with Crippen LogP contribution in [0.25, 0.3) is 0 Å². The first kappa shape index (κ1) is 20.4. The Kier molecular flexibility index (Phi) is 7.30. The Morgan fingerprint density at radius 1 is 1.22 bits per heavy atom. The lowest BCUT2D eigenvalue weighted by atomic mass is 10.1. The number of aryl methyl sites for hydroxylation is 1. The van der Waals surface area contributed by atoms with Crippen LogP contribution in [0.1, 0.15) is 28.5 Å². The lowest BCUT2D eigenvalue weighted by Gasteiger charge is -2.08. The summed E-state index contributed by atoms with van der Waals surface area (Å²) >= 11 is 1.17. The van der Waals surface area contributed by atoms with E-state index in [1.807, 2.05) is 6.92 Å². The number of thiazole rings is 1. The topological polar surface area (TPSA) is 104 Å². The van der Waals surface area contributed by atoms with Gasteiger partial charge in [-0.15, -0.1) is 11.3 Å². The average Bonchev–Trinajstić information content (AvgIpc) is 3.06. The number of carbonyl (C=O) groups excluding carboxylic acids is 3. The van der Waals surface area contributed by atoms with Crippen molar-refractivity contribution in [1.82, 2.24) is 4.98 Å². The monoisotopic (exact) mass is 392 g/mol. The molecule has 0 aliphatic heterocycles. The molecule has 2 aromatic rings. The SMILES string of the molecule is CCOC(=O)Cc1csc(NC(=O)COC(=O)c2ccc(C)c(OC)c2)n1. The van der Waals surface area contributed by atoms with Crippen molar-refractivity contribution in [3.05, 3.63) is 40.4 Å². The van der Waals surface area contributed by atoms with Crippen LogP contribution in [-0.4, -0.2) is 43.2 Å². The van der Waals surface area contributed by atoms with Crippen LogP contribution in [-0.2, 0) is 25.5 Å². The Bertz CT molecular complexity index is 833. The van der Waals surface area contributed by atoms with Crippen molar-refractivity contribution in [3.63, 3.8) is 0 Å². The molecule has 0 fully saturated rings. The molecule has 0 atom stereocenters. The van der Waals surface area contributed by atoms with Gasteiger partial charge in [0.15, 0.2) is 11.7 Å². The number of esters is 2. The summed E-state index contributed by atoms with van der Waals surface area (Å²) < 4.78 is 15.0. The number of aromatic nitrogens is 1. The first-order valence-electron chi connectivity index (χ1n) is 8.14. The average molecular weight is 392 g/mol. The number of amides is 1. The van der Waals surface area contributed by atoms with E-state index >= 15 is 0 Å². The van der Waals surface area contributed by atoms with Crippen molar-refractivity contribution in [2.45, 2.75) is 20.3 Å². The van der Waals surface area contributed by atoms with E-state index in [0.717, 1.165) is 5.56 Å². The third-order valence-electron chi connectivity index (χ3n) is 3.41. The zero-order valence-corrected chi connectivity index (χ0v) is 16.1. The normalized spacial score (nSPS) is 10.2. The van der Waals surface area contributed by atoms with Crippen LogP contribution in [0.2, 0.25) is 0 Å². The number of rotatable bonds is 8. The number of methoxy groups -OCH3 is 1. The van der Waals surface area contributed by atoms with Gasteiger partial charge in [-0.25, -0.2) is 9.78 Å². The van der Waals surface area contributed by atoms with E-state index in [0.29, 0.717) is 23.2 Å². The summed E-state index contributed by atoms with van der Waals surface area (Å²) in [6, 6.07) is 4.88. The highest BCUT2D eigenvalue weighted by molar-refractivity contribution is 7.13. The van der Waals surface area contributed by atoms with Gasteiger partial charge in [0.05, 0.1) is 31.4 Å². The largest absolute Gasteiger partial charge is 0.496 e. The Balaban J connectivity index is 1.85. The summed E-state index contributed by atoms with van der Waals surface area (Å²) in [7, 11) is 1.51. The highest BCUT2D eigenvalue weighted by Gasteiger charge is 2.14. The first-order valence-corrected chi connectivity index (χ1v) is 9.02. The zero-order valence-electron chi connectivity index (χ0n) is 15.2. The van der Waals surface area contributed by atoms with Crippen molar-refractivity contribution < 1.29 is 28.6 Å². The van der Waals surface area contributed by atoms with Gasteiger partial charge in [0, 0.05) is 5.38 Å². The fourth-order valence-corrected chi connectivity index (χ4v) is 2.85. The van der Waals surface area contributed by atoms with Gasteiger partial charge in [-0.2, -0.15) is 0 Å². The lowest BCUT2D eigenvalue weighted by molar-refractivity contribution is -0.142. The molecule has 27 heavy (non-hydrogen) atoms. The fraction of sp³-hybridized carbons (Fsp3) is 0.333. The minimum absolute atomic E-state index is 0.0322. The summed E-state index contributed by atoms with van der Waals surface area (Å²) in [5.41, 5.74) is 1.67. The van der Waals surface area contributed by atoms with Crippen LogP contribution >= 0.6 is 11.3 Å². The first-order chi connectivity index (χ1) is 12.9. The van der Waals surface area contributed by atoms with E-state index in [4.69, 9.17) is 14.2 Å². The molecule has 2 rings (SSSR count). The molecule has 1 amide bonds. The smallest absolute Gasteiger partial charge is 0.338 e. The van der Waals surface area contributed by atoms with Gasteiger partial charge < -0.3 is 14.2 Å². The Hall–Kier alpha value is -2.94. The maximum absolute atomic E-state index is 12.0. The van der Waals surface area contributed by atoms with Crippen LogP contribution in [0.5, 0.6) is 5.75 Å². The van der Waals surface area contributed by atoms with Crippen LogP contribution in [0, 0.1) is 6.92 Å². The molecule has 0 spiro atoms. The second-order valence-corrected chi connectivity index (χ2v) is 6.29. The van der Waals surface area contributed by atoms with E-state index in [-0.39, 0.29) is 18.0 Å². The van der Waals surface area contributed by atoms with Gasteiger partial charge in [0.2, 0.25) is 0 Å². The van der Waals surface area contributed by atoms with Gasteiger partial charge >= 0.3 is 11.9 Å². The summed E-state index contributed by atoms with van der Waals surface area (Å²) in [6.07, 6.45) is 0.0322. The molecule has 1 aromatic heterocycles. The number of benzene rings is 1. The molecule has 0 aliphatic carbocycles. The fourth-order valence-electron chi connectivity index (χ4n) is 2.12. The van der Waals surface area contributed by atoms with E-state index in [1.54, 1.807) is 30.5 Å². The minimum atomic E-state index is -0.634. The van der Waals surface area contributed by atoms with Gasteiger partial charge in [0.1, 0.15) is 5.75 Å². The quantitative estimate of drug-likeness (QED) is 0.688. The molecule has 0 bridgehead atoms. The van der Waals surface area contributed by atoms with E-state index < -0.39 is 18.5 Å². The summed E-state index contributed by atoms with van der Waals surface area (Å²) in [4.78, 5) is 39.5. The van der Waals surface area contributed by atoms with Gasteiger partial charge in [-0.05, 0) is 31.5 Å². The Morgan fingerprint density at radius 3 is 2.70 bits per heavy atom. The molecule has 1 heterocycles. The molecule has 0 saturated carbocycles. The van der Waals surface area contributed by atoms with E-state index in [9.17, 15) is 14.4 Å². The number of nitrogens with one attached hydrogen (secondary N) is 1. The number of carbonyl (C=O) groups is 3. The maximum Gasteiger partial charge on any atom is 0.338 e. The van der Waals surface area contributed by atoms with Crippen LogP contribution in [0.15, 0.2) is 23.6 Å². The molecular weight excluding hydrogens is 372 g/mol. The third kappa shape index (κ3) is 6.07. The Labute approximate surface area is 160 Å².